The molecule has 0 aliphatic carbocycles. The van der Waals surface area contributed by atoms with Crippen LogP contribution in [0.1, 0.15) is 0 Å². The van der Waals surface area contributed by atoms with Gasteiger partial charge in [0.05, 0.1) is 33.4 Å². The maximum absolute atomic E-state index is 6.30. The Labute approximate surface area is 643 Å². The number of furan rings is 2. The number of hydrogen-bond acceptors (Lipinski definition) is 8. The lowest BCUT2D eigenvalue weighted by molar-refractivity contribution is 0.668. The molecule has 0 unspecified atom stereocenters. The number of fused-ring (bicyclic) bond motifs is 12. The van der Waals surface area contributed by atoms with Crippen molar-refractivity contribution in [2.24, 2.45) is 0 Å². The number of benzene rings is 16. The summed E-state index contributed by atoms with van der Waals surface area (Å²) in [7, 11) is 0. The Morgan fingerprint density at radius 2 is 0.491 bits per heavy atom. The molecule has 10 nitrogen and oxygen atoms in total. The van der Waals surface area contributed by atoms with Crippen LogP contribution in [0, 0.1) is 0 Å². The Hall–Kier alpha value is -15.3. The second-order valence-electron chi connectivity index (χ2n) is 28.0. The van der Waals surface area contributed by atoms with Gasteiger partial charge in [-0.05, 0) is 130 Å². The van der Waals surface area contributed by atoms with Crippen LogP contribution in [-0.2, 0) is 0 Å². The largest absolute Gasteiger partial charge is 0.456 e. The SMILES string of the molecule is c1ccc(-c2nc(-c3ccccc3)nc(-c3ccc(-n4c5ccccc5c5cc(-c6ccc7c(c6)oc6ccccc67)ccc54)c(-c4ccccc4)c3)n2)cc1.c1ccc(-c2nc(-c3ccccc3)nc(-c3cccc(-c4ccccc4)c3-n3c4ccccc4c4cc(-c5ccc6c(c5)oc5ccccc56)ccc43)n2)cc1. The van der Waals surface area contributed by atoms with Gasteiger partial charge in [0, 0.05) is 87.6 Å². The Morgan fingerprint density at radius 1 is 0.170 bits per heavy atom. The standard InChI is InChI=1S/2C51H32N4O/c1-4-15-33(16-5-1)38-23-14-24-42(51-53-49(34-17-6-2-7-18-34)52-50(54-51)35-19-8-3-9-20-35)48(38)55-44-25-12-10-21-39(44)43-31-36(28-30-45(43)55)37-27-29-41-40-22-11-13-26-46(40)56-47(41)32-37;1-4-14-33(15-5-1)42-31-38(51-53-49(34-16-6-2-7-17-34)52-50(54-51)35-18-8-3-9-19-35)26-29-45(42)55-44-22-12-10-20-39(44)43-30-36(25-28-46(43)55)37-24-27-41-40-21-11-13-23-47(40)56-48(41)32-37/h2*1-32H. The van der Waals surface area contributed by atoms with E-state index in [1.165, 1.54) is 10.8 Å². The van der Waals surface area contributed by atoms with Crippen LogP contribution in [-0.4, -0.2) is 39.0 Å². The zero-order chi connectivity index (χ0) is 74.0. The van der Waals surface area contributed by atoms with E-state index >= 15 is 0 Å². The van der Waals surface area contributed by atoms with Crippen LogP contribution < -0.4 is 0 Å². The van der Waals surface area contributed by atoms with Crippen molar-refractivity contribution in [3.8, 4) is 124 Å². The molecule has 0 saturated heterocycles. The molecule has 0 amide bonds. The second-order valence-corrected chi connectivity index (χ2v) is 28.0. The predicted molar refractivity (Wildman–Crippen MR) is 457 cm³/mol. The third kappa shape index (κ3) is 11.6. The average molecular weight is 1430 g/mol. The van der Waals surface area contributed by atoms with Crippen molar-refractivity contribution >= 4 is 87.5 Å². The van der Waals surface area contributed by atoms with E-state index in [0.717, 1.165) is 166 Å². The summed E-state index contributed by atoms with van der Waals surface area (Å²) in [5.74, 6) is 3.74. The van der Waals surface area contributed by atoms with Crippen molar-refractivity contribution in [1.29, 1.82) is 0 Å². The van der Waals surface area contributed by atoms with Gasteiger partial charge < -0.3 is 18.0 Å². The summed E-state index contributed by atoms with van der Waals surface area (Å²) in [6.45, 7) is 0. The fourth-order valence-electron chi connectivity index (χ4n) is 16.0. The lowest BCUT2D eigenvalue weighted by Gasteiger charge is -2.19. The Morgan fingerprint density at radius 3 is 0.955 bits per heavy atom. The van der Waals surface area contributed by atoms with Crippen molar-refractivity contribution in [1.82, 2.24) is 39.0 Å². The molecule has 0 N–H and O–H groups in total. The molecule has 6 heterocycles. The van der Waals surface area contributed by atoms with E-state index in [1.54, 1.807) is 0 Å². The number of aromatic nitrogens is 8. The molecule has 0 aliphatic heterocycles. The van der Waals surface area contributed by atoms with Gasteiger partial charge in [0.2, 0.25) is 0 Å². The third-order valence-corrected chi connectivity index (χ3v) is 21.3. The van der Waals surface area contributed by atoms with E-state index in [0.29, 0.717) is 34.9 Å². The molecule has 16 aromatic carbocycles. The highest BCUT2D eigenvalue weighted by Crippen LogP contribution is 2.45. The van der Waals surface area contributed by atoms with E-state index in [-0.39, 0.29) is 0 Å². The molecular weight excluding hydrogens is 1370 g/mol. The predicted octanol–water partition coefficient (Wildman–Crippen LogP) is 26.4. The first-order valence-corrected chi connectivity index (χ1v) is 37.5. The van der Waals surface area contributed by atoms with Gasteiger partial charge >= 0.3 is 0 Å². The number of nitrogens with zero attached hydrogens (tertiary/aromatic N) is 8. The van der Waals surface area contributed by atoms with Crippen LogP contribution in [0.4, 0.5) is 0 Å². The van der Waals surface area contributed by atoms with Crippen molar-refractivity contribution < 1.29 is 8.83 Å². The first kappa shape index (κ1) is 65.1. The quantitative estimate of drug-likeness (QED) is 0.119. The van der Waals surface area contributed by atoms with Crippen LogP contribution in [0.15, 0.2) is 397 Å². The molecule has 0 radical (unpaired) electrons. The van der Waals surface area contributed by atoms with Crippen molar-refractivity contribution in [3.63, 3.8) is 0 Å². The highest BCUT2D eigenvalue weighted by Gasteiger charge is 2.25. The van der Waals surface area contributed by atoms with Crippen molar-refractivity contribution in [2.75, 3.05) is 0 Å². The zero-order valence-electron chi connectivity index (χ0n) is 60.3. The summed E-state index contributed by atoms with van der Waals surface area (Å²) < 4.78 is 17.4. The van der Waals surface area contributed by atoms with Gasteiger partial charge in [-0.2, -0.15) is 0 Å². The Balaban J connectivity index is 0.000000141. The van der Waals surface area contributed by atoms with Crippen molar-refractivity contribution in [2.45, 2.75) is 0 Å². The van der Waals surface area contributed by atoms with Gasteiger partial charge in [-0.15, -0.1) is 0 Å². The number of para-hydroxylation sites is 5. The van der Waals surface area contributed by atoms with E-state index < -0.39 is 0 Å². The maximum atomic E-state index is 6.30. The topological polar surface area (TPSA) is 113 Å². The minimum absolute atomic E-state index is 0.604. The van der Waals surface area contributed by atoms with Gasteiger partial charge in [-0.25, -0.2) is 29.9 Å². The monoisotopic (exact) mass is 1430 g/mol. The number of rotatable bonds is 12. The van der Waals surface area contributed by atoms with Crippen LogP contribution in [0.25, 0.3) is 212 Å². The van der Waals surface area contributed by atoms with Crippen molar-refractivity contribution in [3.05, 3.63) is 388 Å². The Bertz CT molecular complexity index is 7210. The zero-order valence-corrected chi connectivity index (χ0v) is 60.3. The fraction of sp³-hybridized carbons (Fsp3) is 0. The van der Waals surface area contributed by atoms with Gasteiger partial charge in [0.25, 0.3) is 0 Å². The molecule has 524 valence electrons. The lowest BCUT2D eigenvalue weighted by Crippen LogP contribution is -2.05. The van der Waals surface area contributed by atoms with Gasteiger partial charge in [0.1, 0.15) is 22.3 Å². The Kier molecular flexibility index (Phi) is 16.0. The smallest absolute Gasteiger partial charge is 0.166 e. The van der Waals surface area contributed by atoms with E-state index in [2.05, 4.69) is 252 Å². The normalized spacial score (nSPS) is 11.6. The molecule has 0 fully saturated rings. The van der Waals surface area contributed by atoms with Gasteiger partial charge in [-0.3, -0.25) is 0 Å². The number of hydrogen-bond donors (Lipinski definition) is 0. The fourth-order valence-corrected chi connectivity index (χ4v) is 16.0. The molecule has 6 aromatic heterocycles. The van der Waals surface area contributed by atoms with E-state index in [9.17, 15) is 0 Å². The van der Waals surface area contributed by atoms with E-state index in [1.807, 2.05) is 146 Å². The molecule has 0 saturated carbocycles. The molecule has 22 aromatic rings. The van der Waals surface area contributed by atoms with Crippen LogP contribution >= 0.6 is 0 Å². The van der Waals surface area contributed by atoms with Crippen LogP contribution in [0.2, 0.25) is 0 Å². The highest BCUT2D eigenvalue weighted by atomic mass is 16.3. The molecule has 0 aliphatic rings. The average Bonchev–Trinajstić information content (AvgIpc) is 1.63. The summed E-state index contributed by atoms with van der Waals surface area (Å²) >= 11 is 0. The minimum atomic E-state index is 0.604. The summed E-state index contributed by atoms with van der Waals surface area (Å²) in [6, 6.07) is 135. The summed E-state index contributed by atoms with van der Waals surface area (Å²) in [5.41, 5.74) is 24.5. The molecule has 0 atom stereocenters. The van der Waals surface area contributed by atoms with Crippen LogP contribution in [0.3, 0.4) is 0 Å². The van der Waals surface area contributed by atoms with Gasteiger partial charge in [-0.1, -0.05) is 291 Å². The third-order valence-electron chi connectivity index (χ3n) is 21.3. The lowest BCUT2D eigenvalue weighted by atomic mass is 9.98. The maximum Gasteiger partial charge on any atom is 0.166 e. The second kappa shape index (κ2) is 27.5. The molecule has 0 bridgehead atoms. The molecule has 10 heteroatoms. The van der Waals surface area contributed by atoms with Gasteiger partial charge in [0.15, 0.2) is 34.9 Å². The summed E-state index contributed by atoms with van der Waals surface area (Å²) in [6.07, 6.45) is 0. The molecule has 22 rings (SSSR count). The van der Waals surface area contributed by atoms with E-state index in [4.69, 9.17) is 38.7 Å². The molecular formula is C102H64N8O2. The molecule has 0 spiro atoms. The summed E-state index contributed by atoms with van der Waals surface area (Å²) in [4.78, 5) is 30.5. The van der Waals surface area contributed by atoms with Crippen LogP contribution in [0.5, 0.6) is 0 Å². The molecule has 112 heavy (non-hydrogen) atoms. The minimum Gasteiger partial charge on any atom is -0.456 e. The summed E-state index contributed by atoms with van der Waals surface area (Å²) in [5, 5.41) is 9.20. The first-order valence-electron chi connectivity index (χ1n) is 37.5. The first-order chi connectivity index (χ1) is 55.5. The highest BCUT2D eigenvalue weighted by molar-refractivity contribution is 6.14.